The molecule has 5 heteroatoms. The summed E-state index contributed by atoms with van der Waals surface area (Å²) >= 11 is 0. The largest absolute Gasteiger partial charge is 0.307 e. The van der Waals surface area contributed by atoms with Crippen LogP contribution in [-0.2, 0) is 16.3 Å². The van der Waals surface area contributed by atoms with Gasteiger partial charge in [0.1, 0.15) is 0 Å². The lowest BCUT2D eigenvalue weighted by Crippen LogP contribution is -2.43. The Balaban J connectivity index is 2.10. The number of rotatable bonds is 4. The predicted octanol–water partition coefficient (Wildman–Crippen LogP) is 1.87. The molecule has 0 bridgehead atoms. The molecule has 19 heavy (non-hydrogen) atoms. The number of fused-ring (bicyclic) bond motifs is 1. The molecular formula is C14H22N2O2S. The van der Waals surface area contributed by atoms with E-state index in [1.165, 1.54) is 11.8 Å². The molecule has 0 aliphatic heterocycles. The Morgan fingerprint density at radius 3 is 2.89 bits per heavy atom. The van der Waals surface area contributed by atoms with Crippen molar-refractivity contribution >= 4 is 9.84 Å². The number of pyridine rings is 1. The summed E-state index contributed by atoms with van der Waals surface area (Å²) in [7, 11) is -3.06. The highest BCUT2D eigenvalue weighted by molar-refractivity contribution is 7.92. The van der Waals surface area contributed by atoms with Crippen molar-refractivity contribution in [1.82, 2.24) is 10.3 Å². The number of sulfone groups is 1. The highest BCUT2D eigenvalue weighted by Gasteiger charge is 2.31. The third-order valence-electron chi connectivity index (χ3n) is 3.97. The van der Waals surface area contributed by atoms with Gasteiger partial charge in [-0.25, -0.2) is 8.42 Å². The molecule has 2 rings (SSSR count). The molecule has 1 heterocycles. The molecular weight excluding hydrogens is 260 g/mol. The summed E-state index contributed by atoms with van der Waals surface area (Å²) in [6.45, 7) is 3.97. The summed E-state index contributed by atoms with van der Waals surface area (Å²) in [6, 6.07) is 4.24. The minimum Gasteiger partial charge on any atom is -0.307 e. The van der Waals surface area contributed by atoms with E-state index in [2.05, 4.69) is 16.4 Å². The second kappa shape index (κ2) is 5.21. The van der Waals surface area contributed by atoms with Gasteiger partial charge in [-0.2, -0.15) is 0 Å². The van der Waals surface area contributed by atoms with Gasteiger partial charge in [0, 0.05) is 25.0 Å². The zero-order valence-electron chi connectivity index (χ0n) is 11.8. The number of nitrogens with zero attached hydrogens (tertiary/aromatic N) is 1. The third-order valence-corrected chi connectivity index (χ3v) is 6.12. The van der Waals surface area contributed by atoms with Crippen LogP contribution in [0.4, 0.5) is 0 Å². The second-order valence-electron chi connectivity index (χ2n) is 5.91. The molecule has 1 unspecified atom stereocenters. The maximum absolute atomic E-state index is 11.7. The Bertz CT molecular complexity index is 552. The van der Waals surface area contributed by atoms with E-state index in [1.807, 2.05) is 6.07 Å². The molecule has 1 aliphatic rings. The van der Waals surface area contributed by atoms with Gasteiger partial charge in [-0.15, -0.1) is 0 Å². The van der Waals surface area contributed by atoms with Gasteiger partial charge in [0.25, 0.3) is 0 Å². The Morgan fingerprint density at radius 2 is 2.21 bits per heavy atom. The molecule has 0 amide bonds. The van der Waals surface area contributed by atoms with Crippen LogP contribution >= 0.6 is 0 Å². The van der Waals surface area contributed by atoms with Crippen LogP contribution in [0.2, 0.25) is 0 Å². The smallest absolute Gasteiger partial charge is 0.153 e. The van der Waals surface area contributed by atoms with E-state index >= 15 is 0 Å². The monoisotopic (exact) mass is 282 g/mol. The van der Waals surface area contributed by atoms with Crippen molar-refractivity contribution in [3.05, 3.63) is 29.6 Å². The van der Waals surface area contributed by atoms with Crippen LogP contribution in [0.1, 0.15) is 44.0 Å². The zero-order valence-corrected chi connectivity index (χ0v) is 12.6. The Morgan fingerprint density at radius 1 is 1.47 bits per heavy atom. The topological polar surface area (TPSA) is 59.1 Å². The Labute approximate surface area is 115 Å². The molecule has 0 spiro atoms. The maximum Gasteiger partial charge on any atom is 0.153 e. The zero-order chi connectivity index (χ0) is 14.1. The van der Waals surface area contributed by atoms with Crippen LogP contribution in [0.15, 0.2) is 18.3 Å². The first kappa shape index (κ1) is 14.5. The minimum absolute atomic E-state index is 0.172. The number of hydrogen-bond acceptors (Lipinski definition) is 4. The van der Waals surface area contributed by atoms with Crippen LogP contribution in [0, 0.1) is 0 Å². The molecule has 1 aromatic rings. The molecule has 1 atom stereocenters. The van der Waals surface area contributed by atoms with E-state index < -0.39 is 14.6 Å². The highest BCUT2D eigenvalue weighted by atomic mass is 32.2. The van der Waals surface area contributed by atoms with Crippen molar-refractivity contribution in [3.8, 4) is 0 Å². The number of hydrogen-bond donors (Lipinski definition) is 1. The van der Waals surface area contributed by atoms with Crippen LogP contribution in [-0.4, -0.2) is 30.9 Å². The fraction of sp³-hybridized carbons (Fsp3) is 0.643. The van der Waals surface area contributed by atoms with Crippen LogP contribution in [0.3, 0.4) is 0 Å². The van der Waals surface area contributed by atoms with Gasteiger partial charge in [-0.05, 0) is 44.7 Å². The van der Waals surface area contributed by atoms with Crippen molar-refractivity contribution < 1.29 is 8.42 Å². The van der Waals surface area contributed by atoms with Crippen molar-refractivity contribution in [2.45, 2.75) is 43.9 Å². The van der Waals surface area contributed by atoms with Gasteiger partial charge in [0.2, 0.25) is 0 Å². The first-order valence-electron chi connectivity index (χ1n) is 6.68. The minimum atomic E-state index is -3.06. The average molecular weight is 282 g/mol. The van der Waals surface area contributed by atoms with Crippen molar-refractivity contribution in [3.63, 3.8) is 0 Å². The van der Waals surface area contributed by atoms with E-state index in [9.17, 15) is 8.42 Å². The molecule has 4 nitrogen and oxygen atoms in total. The third kappa shape index (κ3) is 3.15. The number of aromatic nitrogens is 1. The lowest BCUT2D eigenvalue weighted by atomic mass is 9.91. The molecule has 1 aromatic heterocycles. The average Bonchev–Trinajstić information content (AvgIpc) is 2.35. The Kier molecular flexibility index (Phi) is 3.97. The molecule has 0 saturated carbocycles. The fourth-order valence-electron chi connectivity index (χ4n) is 2.31. The lowest BCUT2D eigenvalue weighted by Gasteiger charge is -2.29. The quantitative estimate of drug-likeness (QED) is 0.916. The molecule has 1 N–H and O–H groups in total. The molecule has 1 aliphatic carbocycles. The highest BCUT2D eigenvalue weighted by Crippen LogP contribution is 2.28. The normalized spacial score (nSPS) is 20.1. The molecule has 106 valence electrons. The van der Waals surface area contributed by atoms with E-state index in [4.69, 9.17) is 0 Å². The van der Waals surface area contributed by atoms with E-state index in [-0.39, 0.29) is 6.04 Å². The van der Waals surface area contributed by atoms with Gasteiger partial charge < -0.3 is 5.32 Å². The standard InChI is InChI=1S/C14H22N2O2S/c1-14(2,19(3,17)18)10-16-12-8-4-6-11-7-5-9-15-13(11)12/h5,7,9,12,16H,4,6,8,10H2,1-3H3. The maximum atomic E-state index is 11.7. The lowest BCUT2D eigenvalue weighted by molar-refractivity contribution is 0.421. The summed E-state index contributed by atoms with van der Waals surface area (Å²) in [6.07, 6.45) is 6.30. The van der Waals surface area contributed by atoms with E-state index in [0.29, 0.717) is 6.54 Å². The van der Waals surface area contributed by atoms with Crippen molar-refractivity contribution in [1.29, 1.82) is 0 Å². The SMILES string of the molecule is CC(C)(CNC1CCCc2cccnc21)S(C)(=O)=O. The van der Waals surface area contributed by atoms with Crippen molar-refractivity contribution in [2.75, 3.05) is 12.8 Å². The second-order valence-corrected chi connectivity index (χ2v) is 8.55. The van der Waals surface area contributed by atoms with Crippen LogP contribution in [0.5, 0.6) is 0 Å². The van der Waals surface area contributed by atoms with Crippen molar-refractivity contribution in [2.24, 2.45) is 0 Å². The molecule has 0 fully saturated rings. The van der Waals surface area contributed by atoms with E-state index in [0.717, 1.165) is 25.0 Å². The van der Waals surface area contributed by atoms with Gasteiger partial charge in [0.05, 0.1) is 10.4 Å². The van der Waals surface area contributed by atoms with E-state index in [1.54, 1.807) is 20.0 Å². The van der Waals surface area contributed by atoms with Crippen LogP contribution in [0.25, 0.3) is 0 Å². The Hall–Kier alpha value is -0.940. The molecule has 0 saturated heterocycles. The van der Waals surface area contributed by atoms with Crippen LogP contribution < -0.4 is 5.32 Å². The number of nitrogens with one attached hydrogen (secondary N) is 1. The summed E-state index contributed by atoms with van der Waals surface area (Å²) in [5.41, 5.74) is 2.36. The van der Waals surface area contributed by atoms with Gasteiger partial charge in [0.15, 0.2) is 9.84 Å². The summed E-state index contributed by atoms with van der Waals surface area (Å²) in [4.78, 5) is 4.45. The molecule has 0 radical (unpaired) electrons. The van der Waals surface area contributed by atoms with Gasteiger partial charge in [-0.1, -0.05) is 6.07 Å². The predicted molar refractivity (Wildman–Crippen MR) is 76.8 cm³/mol. The molecule has 0 aromatic carbocycles. The van der Waals surface area contributed by atoms with Gasteiger partial charge >= 0.3 is 0 Å². The van der Waals surface area contributed by atoms with Gasteiger partial charge in [-0.3, -0.25) is 4.98 Å². The summed E-state index contributed by atoms with van der Waals surface area (Å²) in [5.74, 6) is 0. The number of aryl methyl sites for hydroxylation is 1. The summed E-state index contributed by atoms with van der Waals surface area (Å²) in [5, 5.41) is 3.38. The fourth-order valence-corrected chi connectivity index (χ4v) is 2.65. The first-order valence-corrected chi connectivity index (χ1v) is 8.57. The summed E-state index contributed by atoms with van der Waals surface area (Å²) < 4.78 is 22.7. The first-order chi connectivity index (χ1) is 8.81.